The molecule has 0 saturated heterocycles. The van der Waals surface area contributed by atoms with Crippen LogP contribution in [-0.4, -0.2) is 7.11 Å². The van der Waals surface area contributed by atoms with Crippen LogP contribution in [0.15, 0.2) is 40.9 Å². The maximum Gasteiger partial charge on any atom is 0.168 e. The molecule has 2 aromatic carbocycles. The van der Waals surface area contributed by atoms with Crippen molar-refractivity contribution in [2.45, 2.75) is 12.5 Å². The van der Waals surface area contributed by atoms with Crippen LogP contribution < -0.4 is 10.5 Å². The molecule has 2 nitrogen and oxygen atoms in total. The second-order valence-corrected chi connectivity index (χ2v) is 6.49. The summed E-state index contributed by atoms with van der Waals surface area (Å²) < 4.78 is 21.2. The second kappa shape index (κ2) is 6.87. The third-order valence-electron chi connectivity index (χ3n) is 3.06. The van der Waals surface area contributed by atoms with Crippen LogP contribution in [0.1, 0.15) is 17.2 Å². The number of ether oxygens (including phenoxy) is 1. The highest BCUT2D eigenvalue weighted by molar-refractivity contribution is 14.1. The summed E-state index contributed by atoms with van der Waals surface area (Å²) in [5.74, 6) is -0.0888. The summed E-state index contributed by atoms with van der Waals surface area (Å²) in [4.78, 5) is 0. The number of hydrogen-bond acceptors (Lipinski definition) is 2. The molecular formula is C15H14BrFINO. The van der Waals surface area contributed by atoms with E-state index >= 15 is 0 Å². The molecule has 2 rings (SSSR count). The molecular weight excluding hydrogens is 436 g/mol. The minimum atomic E-state index is -0.338. The van der Waals surface area contributed by atoms with E-state index in [9.17, 15) is 4.39 Å². The fourth-order valence-electron chi connectivity index (χ4n) is 2.02. The minimum Gasteiger partial charge on any atom is -0.494 e. The number of rotatable bonds is 4. The van der Waals surface area contributed by atoms with Crippen molar-refractivity contribution >= 4 is 38.5 Å². The number of halogens is 3. The summed E-state index contributed by atoms with van der Waals surface area (Å²) in [6.45, 7) is 0. The summed E-state index contributed by atoms with van der Waals surface area (Å²) >= 11 is 5.67. The van der Waals surface area contributed by atoms with Crippen LogP contribution in [0.25, 0.3) is 0 Å². The van der Waals surface area contributed by atoms with Crippen molar-refractivity contribution < 1.29 is 9.13 Å². The molecule has 1 unspecified atom stereocenters. The molecule has 2 N–H and O–H groups in total. The first kappa shape index (κ1) is 15.7. The average Bonchev–Trinajstić information content (AvgIpc) is 2.43. The zero-order chi connectivity index (χ0) is 14.7. The van der Waals surface area contributed by atoms with Gasteiger partial charge >= 0.3 is 0 Å². The van der Waals surface area contributed by atoms with Crippen LogP contribution in [0.5, 0.6) is 5.75 Å². The summed E-state index contributed by atoms with van der Waals surface area (Å²) in [6, 6.07) is 10.8. The van der Waals surface area contributed by atoms with Gasteiger partial charge < -0.3 is 10.5 Å². The Balaban J connectivity index is 2.28. The van der Waals surface area contributed by atoms with Crippen molar-refractivity contribution in [2.75, 3.05) is 7.11 Å². The molecule has 5 heteroatoms. The van der Waals surface area contributed by atoms with E-state index in [4.69, 9.17) is 10.5 Å². The van der Waals surface area contributed by atoms with E-state index in [1.54, 1.807) is 18.2 Å². The van der Waals surface area contributed by atoms with Gasteiger partial charge in [0, 0.05) is 14.1 Å². The van der Waals surface area contributed by atoms with Crippen molar-refractivity contribution in [1.82, 2.24) is 0 Å². The van der Waals surface area contributed by atoms with E-state index in [1.165, 1.54) is 7.11 Å². The Morgan fingerprint density at radius 1 is 1.35 bits per heavy atom. The van der Waals surface area contributed by atoms with E-state index in [0.29, 0.717) is 12.0 Å². The normalized spacial score (nSPS) is 12.2. The maximum atomic E-state index is 14.1. The maximum absolute atomic E-state index is 14.1. The fourth-order valence-corrected chi connectivity index (χ4v) is 3.13. The summed E-state index contributed by atoms with van der Waals surface area (Å²) in [5.41, 5.74) is 7.79. The van der Waals surface area contributed by atoms with Gasteiger partial charge in [0.05, 0.1) is 7.11 Å². The van der Waals surface area contributed by atoms with Crippen LogP contribution in [-0.2, 0) is 6.42 Å². The molecule has 0 aliphatic rings. The fraction of sp³-hybridized carbons (Fsp3) is 0.200. The quantitative estimate of drug-likeness (QED) is 0.700. The van der Waals surface area contributed by atoms with Crippen LogP contribution in [0, 0.1) is 9.39 Å². The summed E-state index contributed by atoms with van der Waals surface area (Å²) in [6.07, 6.45) is 0.426. The van der Waals surface area contributed by atoms with Crippen LogP contribution in [0.3, 0.4) is 0 Å². The monoisotopic (exact) mass is 449 g/mol. The predicted octanol–water partition coefficient (Wildman–Crippen LogP) is 4.44. The topological polar surface area (TPSA) is 35.2 Å². The van der Waals surface area contributed by atoms with Crippen molar-refractivity contribution in [1.29, 1.82) is 0 Å². The third-order valence-corrected chi connectivity index (χ3v) is 4.54. The minimum absolute atomic E-state index is 0.249. The second-order valence-electron chi connectivity index (χ2n) is 4.41. The molecule has 0 amide bonds. The van der Waals surface area contributed by atoms with Crippen LogP contribution >= 0.6 is 38.5 Å². The molecule has 0 aromatic heterocycles. The lowest BCUT2D eigenvalue weighted by Crippen LogP contribution is -2.15. The molecule has 0 aliphatic carbocycles. The average molecular weight is 450 g/mol. The highest BCUT2D eigenvalue weighted by atomic mass is 127. The van der Waals surface area contributed by atoms with Crippen molar-refractivity contribution in [3.8, 4) is 5.75 Å². The molecule has 0 fully saturated rings. The van der Waals surface area contributed by atoms with Crippen LogP contribution in [0.2, 0.25) is 0 Å². The molecule has 0 radical (unpaired) electrons. The standard InChI is InChI=1S/C15H14BrFINO/c1-20-14-4-2-3-9(15(14)17)7-13(19)11-8-10(16)5-6-12(11)18/h2-6,8,13H,7,19H2,1H3. The molecule has 1 atom stereocenters. The first-order valence-electron chi connectivity index (χ1n) is 6.05. The highest BCUT2D eigenvalue weighted by Crippen LogP contribution is 2.28. The first-order chi connectivity index (χ1) is 9.52. The summed E-state index contributed by atoms with van der Waals surface area (Å²) in [5, 5.41) is 0. The van der Waals surface area contributed by atoms with Gasteiger partial charge in [-0.25, -0.2) is 4.39 Å². The largest absolute Gasteiger partial charge is 0.494 e. The van der Waals surface area contributed by atoms with Crippen molar-refractivity contribution in [3.63, 3.8) is 0 Å². The van der Waals surface area contributed by atoms with Crippen molar-refractivity contribution in [2.24, 2.45) is 5.73 Å². The van der Waals surface area contributed by atoms with Gasteiger partial charge in [0.2, 0.25) is 0 Å². The van der Waals surface area contributed by atoms with E-state index < -0.39 is 0 Å². The molecule has 0 bridgehead atoms. The molecule has 0 spiro atoms. The van der Waals surface area contributed by atoms with E-state index in [0.717, 1.165) is 13.6 Å². The molecule has 2 aromatic rings. The Kier molecular flexibility index (Phi) is 5.40. The number of benzene rings is 2. The molecule has 0 aliphatic heterocycles. The van der Waals surface area contributed by atoms with Crippen molar-refractivity contribution in [3.05, 3.63) is 61.4 Å². The Morgan fingerprint density at radius 2 is 2.10 bits per heavy atom. The lowest BCUT2D eigenvalue weighted by molar-refractivity contribution is 0.383. The van der Waals surface area contributed by atoms with E-state index in [-0.39, 0.29) is 17.6 Å². The first-order valence-corrected chi connectivity index (χ1v) is 7.92. The molecule has 0 heterocycles. The highest BCUT2D eigenvalue weighted by Gasteiger charge is 2.15. The van der Waals surface area contributed by atoms with Gasteiger partial charge in [-0.05, 0) is 64.4 Å². The molecule has 20 heavy (non-hydrogen) atoms. The van der Waals surface area contributed by atoms with Crippen LogP contribution in [0.4, 0.5) is 4.39 Å². The smallest absolute Gasteiger partial charge is 0.168 e. The Morgan fingerprint density at radius 3 is 2.80 bits per heavy atom. The zero-order valence-corrected chi connectivity index (χ0v) is 14.6. The Bertz CT molecular complexity index is 621. The van der Waals surface area contributed by atoms with Gasteiger partial charge in [-0.15, -0.1) is 0 Å². The molecule has 106 valence electrons. The van der Waals surface area contributed by atoms with Gasteiger partial charge in [0.25, 0.3) is 0 Å². The van der Waals surface area contributed by atoms with E-state index in [1.807, 2.05) is 18.2 Å². The zero-order valence-electron chi connectivity index (χ0n) is 10.9. The Hall–Kier alpha value is -0.660. The predicted molar refractivity (Wildman–Crippen MR) is 90.4 cm³/mol. The van der Waals surface area contributed by atoms with E-state index in [2.05, 4.69) is 38.5 Å². The van der Waals surface area contributed by atoms with Gasteiger partial charge in [0.1, 0.15) is 0 Å². The Labute approximate surface area is 139 Å². The van der Waals surface area contributed by atoms with Gasteiger partial charge in [-0.2, -0.15) is 0 Å². The van der Waals surface area contributed by atoms with Gasteiger partial charge in [-0.3, -0.25) is 0 Å². The SMILES string of the molecule is COc1cccc(CC(N)c2cc(Br)ccc2I)c1F. The lowest BCUT2D eigenvalue weighted by atomic mass is 9.99. The number of nitrogens with two attached hydrogens (primary N) is 1. The van der Waals surface area contributed by atoms with Gasteiger partial charge in [-0.1, -0.05) is 28.1 Å². The lowest BCUT2D eigenvalue weighted by Gasteiger charge is -2.16. The number of methoxy groups -OCH3 is 1. The molecule has 0 saturated carbocycles. The third kappa shape index (κ3) is 3.51. The number of hydrogen-bond donors (Lipinski definition) is 1. The summed E-state index contributed by atoms with van der Waals surface area (Å²) in [7, 11) is 1.46. The van der Waals surface area contributed by atoms with Gasteiger partial charge in [0.15, 0.2) is 11.6 Å².